The van der Waals surface area contributed by atoms with Crippen LogP contribution < -0.4 is 5.32 Å². The molecule has 1 atom stereocenters. The minimum absolute atomic E-state index is 0.262. The molecular formula is C16H17N3OS. The van der Waals surface area contributed by atoms with E-state index in [-0.39, 0.29) is 6.04 Å². The first-order valence-electron chi connectivity index (χ1n) is 6.99. The standard InChI is InChI=1S/C16H17N3OS/c1-3-17-11(2)13-9-8-12(10-18-13)21-16-19-14-6-4-5-7-15(14)20-16/h4-11,17H,3H2,1-2H3. The van der Waals surface area contributed by atoms with Gasteiger partial charge >= 0.3 is 0 Å². The second-order valence-corrected chi connectivity index (χ2v) is 5.77. The van der Waals surface area contributed by atoms with Crippen LogP contribution in [0.3, 0.4) is 0 Å². The minimum Gasteiger partial charge on any atom is -0.431 e. The Balaban J connectivity index is 1.75. The number of fused-ring (bicyclic) bond motifs is 1. The second-order valence-electron chi connectivity index (χ2n) is 4.75. The molecule has 21 heavy (non-hydrogen) atoms. The van der Waals surface area contributed by atoms with Crippen molar-refractivity contribution in [3.63, 3.8) is 0 Å². The normalized spacial score (nSPS) is 12.7. The second kappa shape index (κ2) is 6.28. The van der Waals surface area contributed by atoms with Gasteiger partial charge in [-0.05, 0) is 49.5 Å². The molecule has 0 bridgehead atoms. The van der Waals surface area contributed by atoms with Crippen molar-refractivity contribution >= 4 is 22.9 Å². The summed E-state index contributed by atoms with van der Waals surface area (Å²) in [5.41, 5.74) is 2.73. The average Bonchev–Trinajstić information content (AvgIpc) is 2.90. The van der Waals surface area contributed by atoms with Crippen molar-refractivity contribution in [1.82, 2.24) is 15.3 Å². The van der Waals surface area contributed by atoms with Crippen LogP contribution in [0.1, 0.15) is 25.6 Å². The van der Waals surface area contributed by atoms with E-state index in [0.29, 0.717) is 5.22 Å². The van der Waals surface area contributed by atoms with Gasteiger partial charge in [-0.3, -0.25) is 4.98 Å². The van der Waals surface area contributed by atoms with E-state index in [0.717, 1.165) is 28.2 Å². The molecule has 0 radical (unpaired) electrons. The fraction of sp³-hybridized carbons (Fsp3) is 0.250. The highest BCUT2D eigenvalue weighted by Gasteiger charge is 2.09. The number of nitrogens with zero attached hydrogens (tertiary/aromatic N) is 2. The van der Waals surface area contributed by atoms with Gasteiger partial charge in [0.15, 0.2) is 5.58 Å². The van der Waals surface area contributed by atoms with Gasteiger partial charge < -0.3 is 9.73 Å². The Morgan fingerprint density at radius 2 is 2.10 bits per heavy atom. The number of oxazole rings is 1. The molecule has 0 saturated heterocycles. The first-order valence-corrected chi connectivity index (χ1v) is 7.80. The average molecular weight is 299 g/mol. The molecule has 0 aliphatic carbocycles. The maximum atomic E-state index is 5.70. The van der Waals surface area contributed by atoms with Crippen molar-refractivity contribution in [3.05, 3.63) is 48.3 Å². The zero-order chi connectivity index (χ0) is 14.7. The van der Waals surface area contributed by atoms with Crippen molar-refractivity contribution in [2.75, 3.05) is 6.54 Å². The molecule has 3 rings (SSSR count). The summed E-state index contributed by atoms with van der Waals surface area (Å²) >= 11 is 1.49. The quantitative estimate of drug-likeness (QED) is 0.770. The predicted molar refractivity (Wildman–Crippen MR) is 84.5 cm³/mol. The molecule has 2 aromatic heterocycles. The fourth-order valence-corrected chi connectivity index (χ4v) is 2.83. The molecule has 5 heteroatoms. The lowest BCUT2D eigenvalue weighted by molar-refractivity contribution is 0.489. The van der Waals surface area contributed by atoms with E-state index in [4.69, 9.17) is 4.42 Å². The number of pyridine rings is 1. The van der Waals surface area contributed by atoms with Crippen LogP contribution in [0.4, 0.5) is 0 Å². The highest BCUT2D eigenvalue weighted by Crippen LogP contribution is 2.29. The summed E-state index contributed by atoms with van der Waals surface area (Å²) in [6, 6.07) is 12.1. The number of benzene rings is 1. The summed E-state index contributed by atoms with van der Waals surface area (Å²) in [7, 11) is 0. The van der Waals surface area contributed by atoms with Gasteiger partial charge in [-0.15, -0.1) is 0 Å². The van der Waals surface area contributed by atoms with Crippen molar-refractivity contribution < 1.29 is 4.42 Å². The summed E-state index contributed by atoms with van der Waals surface area (Å²) in [5.74, 6) is 0. The van der Waals surface area contributed by atoms with Crippen molar-refractivity contribution in [2.24, 2.45) is 0 Å². The molecule has 4 nitrogen and oxygen atoms in total. The van der Waals surface area contributed by atoms with Crippen molar-refractivity contribution in [1.29, 1.82) is 0 Å². The number of aromatic nitrogens is 2. The van der Waals surface area contributed by atoms with Gasteiger partial charge in [-0.1, -0.05) is 19.1 Å². The summed E-state index contributed by atoms with van der Waals surface area (Å²) in [6.07, 6.45) is 1.86. The minimum atomic E-state index is 0.262. The van der Waals surface area contributed by atoms with Gasteiger partial charge in [0.2, 0.25) is 0 Å². The third kappa shape index (κ3) is 3.25. The third-order valence-electron chi connectivity index (χ3n) is 3.19. The molecule has 0 saturated carbocycles. The summed E-state index contributed by atoms with van der Waals surface area (Å²) < 4.78 is 5.70. The van der Waals surface area contributed by atoms with E-state index in [1.54, 1.807) is 0 Å². The lowest BCUT2D eigenvalue weighted by Gasteiger charge is -2.11. The van der Waals surface area contributed by atoms with E-state index >= 15 is 0 Å². The third-order valence-corrected chi connectivity index (χ3v) is 4.02. The van der Waals surface area contributed by atoms with Gasteiger partial charge in [0, 0.05) is 17.1 Å². The Hall–Kier alpha value is -1.85. The summed E-state index contributed by atoms with van der Waals surface area (Å²) in [5, 5.41) is 3.99. The Kier molecular flexibility index (Phi) is 4.22. The van der Waals surface area contributed by atoms with Crippen LogP contribution in [0.5, 0.6) is 0 Å². The van der Waals surface area contributed by atoms with Crippen LogP contribution >= 0.6 is 11.8 Å². The van der Waals surface area contributed by atoms with Gasteiger partial charge in [-0.2, -0.15) is 0 Å². The van der Waals surface area contributed by atoms with E-state index < -0.39 is 0 Å². The Bertz CT molecular complexity index is 691. The van der Waals surface area contributed by atoms with E-state index in [9.17, 15) is 0 Å². The zero-order valence-electron chi connectivity index (χ0n) is 12.0. The summed E-state index contributed by atoms with van der Waals surface area (Å²) in [6.45, 7) is 5.13. The highest BCUT2D eigenvalue weighted by atomic mass is 32.2. The van der Waals surface area contributed by atoms with Gasteiger partial charge in [0.1, 0.15) is 5.52 Å². The largest absolute Gasteiger partial charge is 0.431 e. The summed E-state index contributed by atoms with van der Waals surface area (Å²) in [4.78, 5) is 9.97. The molecule has 0 amide bonds. The molecule has 3 aromatic rings. The van der Waals surface area contributed by atoms with Gasteiger partial charge in [0.05, 0.1) is 5.69 Å². The van der Waals surface area contributed by atoms with Crippen molar-refractivity contribution in [2.45, 2.75) is 30.0 Å². The zero-order valence-corrected chi connectivity index (χ0v) is 12.9. The van der Waals surface area contributed by atoms with E-state index in [1.807, 2.05) is 36.5 Å². The first kappa shape index (κ1) is 14.1. The predicted octanol–water partition coefficient (Wildman–Crippen LogP) is 4.04. The smallest absolute Gasteiger partial charge is 0.261 e. The number of rotatable bonds is 5. The molecular weight excluding hydrogens is 282 g/mol. The lowest BCUT2D eigenvalue weighted by Crippen LogP contribution is -2.18. The molecule has 1 unspecified atom stereocenters. The maximum absolute atomic E-state index is 5.70. The molecule has 0 aliphatic rings. The van der Waals surface area contributed by atoms with Crippen LogP contribution in [-0.4, -0.2) is 16.5 Å². The first-order chi connectivity index (χ1) is 10.3. The van der Waals surface area contributed by atoms with Crippen LogP contribution in [0, 0.1) is 0 Å². The fourth-order valence-electron chi connectivity index (χ4n) is 2.11. The molecule has 108 valence electrons. The number of nitrogens with one attached hydrogen (secondary N) is 1. The number of hydrogen-bond acceptors (Lipinski definition) is 5. The molecule has 0 aliphatic heterocycles. The Morgan fingerprint density at radius 3 is 2.81 bits per heavy atom. The molecule has 2 heterocycles. The van der Waals surface area contributed by atoms with Crippen LogP contribution in [0.2, 0.25) is 0 Å². The Morgan fingerprint density at radius 1 is 1.24 bits per heavy atom. The molecule has 1 aromatic carbocycles. The highest BCUT2D eigenvalue weighted by molar-refractivity contribution is 7.99. The number of para-hydroxylation sites is 2. The topological polar surface area (TPSA) is 51.0 Å². The Labute approximate surface area is 128 Å². The monoisotopic (exact) mass is 299 g/mol. The maximum Gasteiger partial charge on any atom is 0.261 e. The van der Waals surface area contributed by atoms with Crippen molar-refractivity contribution in [3.8, 4) is 0 Å². The van der Waals surface area contributed by atoms with Gasteiger partial charge in [-0.25, -0.2) is 4.98 Å². The number of hydrogen-bond donors (Lipinski definition) is 1. The van der Waals surface area contributed by atoms with E-state index in [2.05, 4.69) is 35.2 Å². The molecule has 0 spiro atoms. The van der Waals surface area contributed by atoms with Crippen LogP contribution in [0.25, 0.3) is 11.1 Å². The SMILES string of the molecule is CCNC(C)c1ccc(Sc2nc3ccccc3o2)cn1. The van der Waals surface area contributed by atoms with Crippen LogP contribution in [-0.2, 0) is 0 Å². The molecule has 1 N–H and O–H groups in total. The van der Waals surface area contributed by atoms with E-state index in [1.165, 1.54) is 11.8 Å². The van der Waals surface area contributed by atoms with Gasteiger partial charge in [0.25, 0.3) is 5.22 Å². The molecule has 0 fully saturated rings. The lowest BCUT2D eigenvalue weighted by atomic mass is 10.2. The van der Waals surface area contributed by atoms with Crippen LogP contribution in [0.15, 0.2) is 57.1 Å².